The summed E-state index contributed by atoms with van der Waals surface area (Å²) in [7, 11) is 0. The maximum atomic E-state index is 12.2. The standard InChI is InChI=1S/C18H15ClN4O3S/c1-12-2-4-16(5-3-12)27-17-7-14(6-15(8-17)23(25)26)21-18(24)11-22-10-13(19)9-20-22/h2-10H,11H2,1H3,(H,21,24). The quantitative estimate of drug-likeness (QED) is 0.482. The molecule has 0 spiro atoms. The summed E-state index contributed by atoms with van der Waals surface area (Å²) < 4.78 is 1.39. The molecule has 0 unspecified atom stereocenters. The minimum Gasteiger partial charge on any atom is -0.324 e. The number of anilines is 1. The second-order valence-electron chi connectivity index (χ2n) is 5.79. The Bertz CT molecular complexity index is 989. The van der Waals surface area contributed by atoms with Crippen LogP contribution in [0.2, 0.25) is 5.02 Å². The number of amides is 1. The summed E-state index contributed by atoms with van der Waals surface area (Å²) in [5.41, 5.74) is 1.39. The van der Waals surface area contributed by atoms with Gasteiger partial charge in [0.05, 0.1) is 16.1 Å². The van der Waals surface area contributed by atoms with Crippen LogP contribution in [0.15, 0.2) is 64.6 Å². The van der Waals surface area contributed by atoms with E-state index >= 15 is 0 Å². The molecule has 0 fully saturated rings. The van der Waals surface area contributed by atoms with Crippen molar-refractivity contribution in [2.24, 2.45) is 0 Å². The van der Waals surface area contributed by atoms with E-state index < -0.39 is 4.92 Å². The molecule has 0 bridgehead atoms. The zero-order chi connectivity index (χ0) is 19.4. The zero-order valence-corrected chi connectivity index (χ0v) is 15.8. The third-order valence-electron chi connectivity index (χ3n) is 3.55. The van der Waals surface area contributed by atoms with Crippen LogP contribution in [0.3, 0.4) is 0 Å². The first kappa shape index (κ1) is 18.9. The Hall–Kier alpha value is -2.84. The summed E-state index contributed by atoms with van der Waals surface area (Å²) in [4.78, 5) is 24.5. The molecule has 0 aliphatic carbocycles. The molecule has 0 saturated heterocycles. The Morgan fingerprint density at radius 2 is 2.00 bits per heavy atom. The number of nitrogens with one attached hydrogen (secondary N) is 1. The van der Waals surface area contributed by atoms with Crippen molar-refractivity contribution in [2.45, 2.75) is 23.3 Å². The van der Waals surface area contributed by atoms with E-state index in [1.807, 2.05) is 31.2 Å². The van der Waals surface area contributed by atoms with Crippen molar-refractivity contribution in [3.05, 3.63) is 75.6 Å². The first-order valence-electron chi connectivity index (χ1n) is 7.91. The Labute approximate surface area is 164 Å². The average molecular weight is 403 g/mol. The van der Waals surface area contributed by atoms with Crippen molar-refractivity contribution < 1.29 is 9.72 Å². The summed E-state index contributed by atoms with van der Waals surface area (Å²) >= 11 is 7.16. The number of hydrogen-bond donors (Lipinski definition) is 1. The fraction of sp³-hybridized carbons (Fsp3) is 0.111. The van der Waals surface area contributed by atoms with Crippen molar-refractivity contribution in [2.75, 3.05) is 5.32 Å². The fourth-order valence-electron chi connectivity index (χ4n) is 2.33. The number of halogens is 1. The first-order valence-corrected chi connectivity index (χ1v) is 9.10. The highest BCUT2D eigenvalue weighted by molar-refractivity contribution is 7.99. The fourth-order valence-corrected chi connectivity index (χ4v) is 3.40. The molecule has 1 N–H and O–H groups in total. The lowest BCUT2D eigenvalue weighted by atomic mass is 10.2. The zero-order valence-electron chi connectivity index (χ0n) is 14.3. The second kappa shape index (κ2) is 8.24. The van der Waals surface area contributed by atoms with Gasteiger partial charge < -0.3 is 5.32 Å². The number of rotatable bonds is 6. The molecular formula is C18H15ClN4O3S. The number of nitrogens with zero attached hydrogens (tertiary/aromatic N) is 3. The van der Waals surface area contributed by atoms with Gasteiger partial charge in [0.2, 0.25) is 5.91 Å². The van der Waals surface area contributed by atoms with E-state index in [2.05, 4.69) is 10.4 Å². The van der Waals surface area contributed by atoms with Crippen molar-refractivity contribution in [1.82, 2.24) is 9.78 Å². The molecule has 3 rings (SSSR count). The third-order valence-corrected chi connectivity index (χ3v) is 4.72. The lowest BCUT2D eigenvalue weighted by Crippen LogP contribution is -2.19. The van der Waals surface area contributed by atoms with Crippen LogP contribution < -0.4 is 5.32 Å². The molecule has 27 heavy (non-hydrogen) atoms. The minimum absolute atomic E-state index is 0.0458. The predicted molar refractivity (Wildman–Crippen MR) is 104 cm³/mol. The van der Waals surface area contributed by atoms with E-state index in [1.165, 1.54) is 41.0 Å². The second-order valence-corrected chi connectivity index (χ2v) is 7.38. The molecular weight excluding hydrogens is 388 g/mol. The van der Waals surface area contributed by atoms with Gasteiger partial charge in [0.1, 0.15) is 6.54 Å². The number of nitro groups is 1. The third kappa shape index (κ3) is 5.32. The van der Waals surface area contributed by atoms with Gasteiger partial charge in [-0.1, -0.05) is 41.1 Å². The highest BCUT2D eigenvalue weighted by Crippen LogP contribution is 2.33. The summed E-state index contributed by atoms with van der Waals surface area (Å²) in [6.07, 6.45) is 2.95. The van der Waals surface area contributed by atoms with E-state index in [4.69, 9.17) is 11.6 Å². The van der Waals surface area contributed by atoms with E-state index in [-0.39, 0.29) is 18.1 Å². The van der Waals surface area contributed by atoms with Gasteiger partial charge in [-0.25, -0.2) is 0 Å². The van der Waals surface area contributed by atoms with Crippen LogP contribution in [0.5, 0.6) is 0 Å². The predicted octanol–water partition coefficient (Wildman–Crippen LogP) is 4.54. The SMILES string of the molecule is Cc1ccc(Sc2cc(NC(=O)Cn3cc(Cl)cn3)cc([N+](=O)[O-])c2)cc1. The van der Waals surface area contributed by atoms with E-state index in [1.54, 1.807) is 6.07 Å². The molecule has 0 aliphatic heterocycles. The molecule has 9 heteroatoms. The highest BCUT2D eigenvalue weighted by Gasteiger charge is 2.13. The molecule has 1 heterocycles. The number of carbonyl (C=O) groups excluding carboxylic acids is 1. The van der Waals surface area contributed by atoms with Gasteiger partial charge in [0.15, 0.2) is 0 Å². The van der Waals surface area contributed by atoms with Crippen molar-refractivity contribution in [1.29, 1.82) is 0 Å². The summed E-state index contributed by atoms with van der Waals surface area (Å²) in [6, 6.07) is 12.3. The Kier molecular flexibility index (Phi) is 5.78. The minimum atomic E-state index is -0.484. The average Bonchev–Trinajstić information content (AvgIpc) is 3.01. The normalized spacial score (nSPS) is 10.6. The van der Waals surface area contributed by atoms with Crippen LogP contribution in [0, 0.1) is 17.0 Å². The monoisotopic (exact) mass is 402 g/mol. The molecule has 0 atom stereocenters. The Morgan fingerprint density at radius 3 is 2.63 bits per heavy atom. The Morgan fingerprint density at radius 1 is 1.26 bits per heavy atom. The van der Waals surface area contributed by atoms with Gasteiger partial charge in [0, 0.05) is 33.8 Å². The smallest absolute Gasteiger partial charge is 0.272 e. The lowest BCUT2D eigenvalue weighted by Gasteiger charge is -2.08. The molecule has 0 aliphatic rings. The molecule has 0 saturated carbocycles. The van der Waals surface area contributed by atoms with Crippen molar-refractivity contribution >= 4 is 40.6 Å². The van der Waals surface area contributed by atoms with Gasteiger partial charge >= 0.3 is 0 Å². The maximum absolute atomic E-state index is 12.2. The highest BCUT2D eigenvalue weighted by atomic mass is 35.5. The van der Waals surface area contributed by atoms with E-state index in [0.717, 1.165) is 10.5 Å². The molecule has 7 nitrogen and oxygen atoms in total. The topological polar surface area (TPSA) is 90.1 Å². The number of aryl methyl sites for hydroxylation is 1. The van der Waals surface area contributed by atoms with Crippen LogP contribution in [0.1, 0.15) is 5.56 Å². The number of benzene rings is 2. The number of carbonyl (C=O) groups is 1. The molecule has 1 aromatic heterocycles. The lowest BCUT2D eigenvalue weighted by molar-refractivity contribution is -0.385. The van der Waals surface area contributed by atoms with Gasteiger partial charge in [-0.2, -0.15) is 5.10 Å². The van der Waals surface area contributed by atoms with Crippen LogP contribution in [-0.2, 0) is 11.3 Å². The van der Waals surface area contributed by atoms with Gasteiger partial charge in [-0.15, -0.1) is 0 Å². The van der Waals surface area contributed by atoms with Crippen molar-refractivity contribution in [3.63, 3.8) is 0 Å². The number of non-ortho nitro benzene ring substituents is 1. The van der Waals surface area contributed by atoms with E-state index in [9.17, 15) is 14.9 Å². The largest absolute Gasteiger partial charge is 0.324 e. The Balaban J connectivity index is 1.79. The van der Waals surface area contributed by atoms with Gasteiger partial charge in [0.25, 0.3) is 5.69 Å². The van der Waals surface area contributed by atoms with E-state index in [0.29, 0.717) is 15.6 Å². The maximum Gasteiger partial charge on any atom is 0.272 e. The molecule has 1 amide bonds. The number of hydrogen-bond acceptors (Lipinski definition) is 5. The van der Waals surface area contributed by atoms with Gasteiger partial charge in [-0.05, 0) is 25.1 Å². The first-order chi connectivity index (χ1) is 12.9. The van der Waals surface area contributed by atoms with Crippen LogP contribution in [0.25, 0.3) is 0 Å². The molecule has 2 aromatic carbocycles. The van der Waals surface area contributed by atoms with Gasteiger partial charge in [-0.3, -0.25) is 19.6 Å². The number of aromatic nitrogens is 2. The van der Waals surface area contributed by atoms with Crippen LogP contribution >= 0.6 is 23.4 Å². The van der Waals surface area contributed by atoms with Crippen LogP contribution in [-0.4, -0.2) is 20.6 Å². The summed E-state index contributed by atoms with van der Waals surface area (Å²) in [6.45, 7) is 1.94. The van der Waals surface area contributed by atoms with Crippen molar-refractivity contribution in [3.8, 4) is 0 Å². The molecule has 138 valence electrons. The van der Waals surface area contributed by atoms with Crippen LogP contribution in [0.4, 0.5) is 11.4 Å². The number of nitro benzene ring substituents is 1. The molecule has 0 radical (unpaired) electrons. The summed E-state index contributed by atoms with van der Waals surface area (Å²) in [5.74, 6) is -0.360. The summed E-state index contributed by atoms with van der Waals surface area (Å²) in [5, 5.41) is 18.3. The molecule has 3 aromatic rings.